The Kier molecular flexibility index (Phi) is 19.5. The maximum atomic E-state index is 3.09. The first-order valence-corrected chi connectivity index (χ1v) is 9.15. The van der Waals surface area contributed by atoms with E-state index in [1.165, 1.54) is 59.6 Å². The molecule has 1 saturated carbocycles. The predicted molar refractivity (Wildman–Crippen MR) is 114 cm³/mol. The average molecular weight is 661 g/mol. The maximum absolute atomic E-state index is 3.09. The van der Waals surface area contributed by atoms with Gasteiger partial charge in [-0.3, -0.25) is 0 Å². The van der Waals surface area contributed by atoms with Crippen LogP contribution in [-0.2, 0) is 78.3 Å². The van der Waals surface area contributed by atoms with Crippen LogP contribution in [0.5, 0.6) is 0 Å². The van der Waals surface area contributed by atoms with Gasteiger partial charge in [-0.2, -0.15) is 48.7 Å². The summed E-state index contributed by atoms with van der Waals surface area (Å²) in [6.45, 7) is 0. The van der Waals surface area contributed by atoms with Crippen molar-refractivity contribution in [2.45, 2.75) is 38.5 Å². The zero-order valence-corrected chi connectivity index (χ0v) is 32.8. The SMILES string of the molecule is [Rb].[Rb].[Y].[Y].[c-]1ccc(Cc2ccc3cc(CC4CC[CH-]CC4)ccc3c2)cc1. The summed E-state index contributed by atoms with van der Waals surface area (Å²) in [7, 11) is 0. The monoisotopic (exact) mass is 660 g/mol. The molecule has 0 nitrogen and oxygen atoms in total. The van der Waals surface area contributed by atoms with Crippen LogP contribution in [0.4, 0.5) is 0 Å². The predicted octanol–water partition coefficient (Wildman–Crippen LogP) is 5.40. The van der Waals surface area contributed by atoms with Gasteiger partial charge in [0.05, 0.1) is 0 Å². The van der Waals surface area contributed by atoms with Crippen molar-refractivity contribution in [3.8, 4) is 0 Å². The summed E-state index contributed by atoms with van der Waals surface area (Å²) in [4.78, 5) is 0. The standard InChI is InChI=1S/C24H24.2Rb.2Y/c1-3-7-19(8-4-1)15-21-11-13-24-18-22(12-14-23(24)17-21)16-20-9-5-2-6-10-20;;;;/h1,5-6,9-14,17-19H,3-4,7-8,15-16H2;;;;/q-2;;;;. The molecule has 0 atom stereocenters. The van der Waals surface area contributed by atoms with E-state index in [1.54, 1.807) is 0 Å². The molecule has 0 saturated heterocycles. The van der Waals surface area contributed by atoms with Crippen LogP contribution in [0.25, 0.3) is 10.8 Å². The van der Waals surface area contributed by atoms with Crippen LogP contribution in [-0.4, -0.2) is 116 Å². The Morgan fingerprint density at radius 3 is 1.96 bits per heavy atom. The summed E-state index contributed by atoms with van der Waals surface area (Å²) in [5.41, 5.74) is 4.23. The molecule has 0 amide bonds. The van der Waals surface area contributed by atoms with Gasteiger partial charge in [0, 0.05) is 182 Å². The van der Waals surface area contributed by atoms with Crippen molar-refractivity contribution in [1.82, 2.24) is 0 Å². The molecule has 28 heavy (non-hydrogen) atoms. The first-order chi connectivity index (χ1) is 11.9. The second kappa shape index (κ2) is 17.2. The van der Waals surface area contributed by atoms with E-state index in [4.69, 9.17) is 0 Å². The Labute approximate surface area is 318 Å². The fraction of sp³-hybridized carbons (Fsp3) is 0.292. The van der Waals surface area contributed by atoms with Gasteiger partial charge in [0.15, 0.2) is 0 Å². The zero-order chi connectivity index (χ0) is 16.2. The van der Waals surface area contributed by atoms with E-state index < -0.39 is 0 Å². The fourth-order valence-electron chi connectivity index (χ4n) is 3.89. The molecule has 1 aliphatic carbocycles. The van der Waals surface area contributed by atoms with Crippen molar-refractivity contribution in [3.05, 3.63) is 89.8 Å². The molecule has 4 rings (SSSR count). The third-order valence-corrected chi connectivity index (χ3v) is 5.25. The average Bonchev–Trinajstić information content (AvgIpc) is 2.64. The molecular formula is C24H24Rb2Y2-2. The molecule has 0 unspecified atom stereocenters. The minimum Gasteiger partial charge on any atom is -0.328 e. The third-order valence-electron chi connectivity index (χ3n) is 5.25. The molecule has 0 spiro atoms. The molecule has 0 heterocycles. The van der Waals surface area contributed by atoms with Crippen molar-refractivity contribution < 1.29 is 65.4 Å². The van der Waals surface area contributed by atoms with E-state index in [-0.39, 0.29) is 182 Å². The molecule has 4 radical (unpaired) electrons. The molecule has 0 aliphatic heterocycles. The van der Waals surface area contributed by atoms with Crippen molar-refractivity contribution in [2.75, 3.05) is 0 Å². The fourth-order valence-corrected chi connectivity index (χ4v) is 3.89. The van der Waals surface area contributed by atoms with Crippen LogP contribution < -0.4 is 0 Å². The van der Waals surface area contributed by atoms with Crippen LogP contribution in [0.15, 0.2) is 60.7 Å². The summed E-state index contributed by atoms with van der Waals surface area (Å²) in [5.74, 6) is 0.876. The second-order valence-electron chi connectivity index (χ2n) is 7.11. The Morgan fingerprint density at radius 1 is 0.750 bits per heavy atom. The number of rotatable bonds is 4. The molecule has 1 fully saturated rings. The van der Waals surface area contributed by atoms with Crippen molar-refractivity contribution >= 4 is 127 Å². The van der Waals surface area contributed by atoms with E-state index in [9.17, 15) is 0 Å². The quantitative estimate of drug-likeness (QED) is 0.329. The Morgan fingerprint density at radius 2 is 1.32 bits per heavy atom. The van der Waals surface area contributed by atoms with Crippen molar-refractivity contribution in [2.24, 2.45) is 5.92 Å². The molecule has 1 aliphatic rings. The van der Waals surface area contributed by atoms with Crippen molar-refractivity contribution in [1.29, 1.82) is 0 Å². The Hall–Kier alpha value is 3.74. The number of hydrogen-bond acceptors (Lipinski definition) is 0. The zero-order valence-electron chi connectivity index (χ0n) is 17.3. The first kappa shape index (κ1) is 31.7. The molecule has 0 N–H and O–H groups in total. The summed E-state index contributed by atoms with van der Waals surface area (Å²) in [6, 6.07) is 25.3. The van der Waals surface area contributed by atoms with Crippen molar-refractivity contribution in [3.63, 3.8) is 0 Å². The minimum absolute atomic E-state index is 0. The molecule has 3 aromatic carbocycles. The van der Waals surface area contributed by atoms with Gasteiger partial charge in [0.1, 0.15) is 0 Å². The number of fused-ring (bicyclic) bond motifs is 1. The van der Waals surface area contributed by atoms with Crippen LogP contribution in [0, 0.1) is 18.4 Å². The van der Waals surface area contributed by atoms with E-state index in [0.717, 1.165) is 12.3 Å². The number of benzene rings is 3. The van der Waals surface area contributed by atoms with Crippen LogP contribution in [0.1, 0.15) is 42.4 Å². The summed E-state index contributed by atoms with van der Waals surface area (Å²) in [5, 5.41) is 2.73. The maximum Gasteiger partial charge on any atom is 0 e. The van der Waals surface area contributed by atoms with E-state index in [2.05, 4.69) is 61.0 Å². The van der Waals surface area contributed by atoms with Gasteiger partial charge >= 0.3 is 0 Å². The van der Waals surface area contributed by atoms with Crippen LogP contribution in [0.3, 0.4) is 0 Å². The first-order valence-electron chi connectivity index (χ1n) is 9.15. The Bertz CT molecular complexity index is 815. The van der Waals surface area contributed by atoms with E-state index in [1.807, 2.05) is 12.1 Å². The molecule has 3 aromatic rings. The van der Waals surface area contributed by atoms with Gasteiger partial charge in [-0.05, 0) is 40.7 Å². The summed E-state index contributed by atoms with van der Waals surface area (Å²) in [6.07, 6.45) is 10.0. The topological polar surface area (TPSA) is 0 Å². The van der Waals surface area contributed by atoms with Crippen LogP contribution >= 0.6 is 0 Å². The summed E-state index contributed by atoms with van der Waals surface area (Å²) < 4.78 is 0. The molecule has 4 heteroatoms. The summed E-state index contributed by atoms with van der Waals surface area (Å²) >= 11 is 0. The van der Waals surface area contributed by atoms with E-state index in [0.29, 0.717) is 0 Å². The second-order valence-corrected chi connectivity index (χ2v) is 7.11. The Balaban J connectivity index is 0.00000182. The van der Waals surface area contributed by atoms with Gasteiger partial charge in [-0.15, -0.1) is 0 Å². The van der Waals surface area contributed by atoms with Gasteiger partial charge in [-0.1, -0.05) is 49.2 Å². The van der Waals surface area contributed by atoms with Crippen LogP contribution in [0.2, 0.25) is 0 Å². The molecule has 0 aromatic heterocycles. The largest absolute Gasteiger partial charge is 0.328 e. The van der Waals surface area contributed by atoms with Gasteiger partial charge in [0.2, 0.25) is 0 Å². The normalized spacial score (nSPS) is 13.4. The van der Waals surface area contributed by atoms with Gasteiger partial charge in [-0.25, -0.2) is 0 Å². The molecule has 0 bridgehead atoms. The minimum atomic E-state index is 0. The van der Waals surface area contributed by atoms with E-state index >= 15 is 0 Å². The number of hydrogen-bond donors (Lipinski definition) is 0. The van der Waals surface area contributed by atoms with Gasteiger partial charge in [0.25, 0.3) is 0 Å². The third kappa shape index (κ3) is 9.93. The molecular weight excluding hydrogens is 637 g/mol. The smallest absolute Gasteiger partial charge is 0 e. The molecule has 130 valence electrons. The van der Waals surface area contributed by atoms with Gasteiger partial charge < -0.3 is 6.42 Å².